The van der Waals surface area contributed by atoms with Gasteiger partial charge in [0.05, 0.1) is 7.05 Å². The van der Waals surface area contributed by atoms with Crippen LogP contribution < -0.4 is 15.5 Å². The van der Waals surface area contributed by atoms with Gasteiger partial charge in [-0.2, -0.15) is 0 Å². The van der Waals surface area contributed by atoms with Crippen LogP contribution in [0.15, 0.2) is 24.3 Å². The molecule has 1 unspecified atom stereocenters. The fourth-order valence-corrected chi connectivity index (χ4v) is 1.94. The third kappa shape index (κ3) is 5.84. The lowest BCUT2D eigenvalue weighted by atomic mass is 10.1. The zero-order valence-corrected chi connectivity index (χ0v) is 12.6. The second-order valence-corrected chi connectivity index (χ2v) is 5.41. The van der Waals surface area contributed by atoms with Gasteiger partial charge >= 0.3 is 6.03 Å². The summed E-state index contributed by atoms with van der Waals surface area (Å²) in [5.41, 5.74) is 2.43. The summed E-state index contributed by atoms with van der Waals surface area (Å²) >= 11 is 0. The standard InChI is InChI=1S/C15H23N3O2/c1-11(2)16-15(20)17-14(19)10-18(4)9-13-8-6-5-7-12(13)3/h5-8,11H,9-10H2,1-4H3,(H2,16,17,19,20)/p+1. The van der Waals surface area contributed by atoms with Crippen molar-refractivity contribution < 1.29 is 14.5 Å². The maximum absolute atomic E-state index is 11.7. The van der Waals surface area contributed by atoms with Crippen LogP contribution >= 0.6 is 0 Å². The Bertz CT molecular complexity index is 472. The molecule has 5 heteroatoms. The maximum atomic E-state index is 11.7. The largest absolute Gasteiger partial charge is 0.336 e. The fraction of sp³-hybridized carbons (Fsp3) is 0.467. The molecule has 1 aromatic rings. The quantitative estimate of drug-likeness (QED) is 0.723. The van der Waals surface area contributed by atoms with Crippen molar-refractivity contribution in [2.75, 3.05) is 13.6 Å². The van der Waals surface area contributed by atoms with Crippen molar-refractivity contribution in [3.63, 3.8) is 0 Å². The zero-order chi connectivity index (χ0) is 15.1. The average molecular weight is 278 g/mol. The molecule has 0 saturated carbocycles. The average Bonchev–Trinajstić information content (AvgIpc) is 2.30. The van der Waals surface area contributed by atoms with Crippen LogP contribution in [0.5, 0.6) is 0 Å². The number of benzene rings is 1. The summed E-state index contributed by atoms with van der Waals surface area (Å²) in [5.74, 6) is -0.269. The topological polar surface area (TPSA) is 62.6 Å². The van der Waals surface area contributed by atoms with Crippen molar-refractivity contribution in [2.45, 2.75) is 33.4 Å². The molecule has 0 fully saturated rings. The van der Waals surface area contributed by atoms with E-state index in [1.165, 1.54) is 11.1 Å². The predicted octanol–water partition coefficient (Wildman–Crippen LogP) is 0.244. The third-order valence-corrected chi connectivity index (χ3v) is 2.89. The van der Waals surface area contributed by atoms with Gasteiger partial charge in [-0.05, 0) is 26.3 Å². The highest BCUT2D eigenvalue weighted by Gasteiger charge is 2.14. The number of likely N-dealkylation sites (N-methyl/N-ethyl adjacent to an activating group) is 1. The molecule has 3 N–H and O–H groups in total. The first-order valence-corrected chi connectivity index (χ1v) is 6.84. The molecule has 0 spiro atoms. The van der Waals surface area contributed by atoms with Crippen LogP contribution in [0.4, 0.5) is 4.79 Å². The van der Waals surface area contributed by atoms with Gasteiger partial charge in [0.2, 0.25) is 0 Å². The van der Waals surface area contributed by atoms with Crippen LogP contribution in [-0.4, -0.2) is 31.6 Å². The Balaban J connectivity index is 2.42. The van der Waals surface area contributed by atoms with E-state index in [2.05, 4.69) is 29.7 Å². The van der Waals surface area contributed by atoms with Gasteiger partial charge in [-0.1, -0.05) is 24.3 Å². The minimum Gasteiger partial charge on any atom is -0.336 e. The van der Waals surface area contributed by atoms with E-state index < -0.39 is 6.03 Å². The molecule has 20 heavy (non-hydrogen) atoms. The monoisotopic (exact) mass is 278 g/mol. The van der Waals surface area contributed by atoms with Crippen LogP contribution in [0.2, 0.25) is 0 Å². The Kier molecular flexibility index (Phi) is 6.18. The van der Waals surface area contributed by atoms with E-state index in [0.717, 1.165) is 11.4 Å². The highest BCUT2D eigenvalue weighted by atomic mass is 16.2. The first-order chi connectivity index (χ1) is 9.38. The molecular weight excluding hydrogens is 254 g/mol. The minimum atomic E-state index is -0.436. The molecule has 0 aliphatic rings. The summed E-state index contributed by atoms with van der Waals surface area (Å²) in [6.45, 7) is 6.77. The van der Waals surface area contributed by atoms with Crippen molar-refractivity contribution in [1.29, 1.82) is 0 Å². The number of urea groups is 1. The lowest BCUT2D eigenvalue weighted by Crippen LogP contribution is -3.09. The van der Waals surface area contributed by atoms with Crippen molar-refractivity contribution in [2.24, 2.45) is 0 Å². The Labute approximate surface area is 120 Å². The highest BCUT2D eigenvalue weighted by Crippen LogP contribution is 2.04. The molecule has 3 amide bonds. The van der Waals surface area contributed by atoms with Gasteiger partial charge < -0.3 is 10.2 Å². The molecule has 5 nitrogen and oxygen atoms in total. The van der Waals surface area contributed by atoms with Gasteiger partial charge in [-0.15, -0.1) is 0 Å². The van der Waals surface area contributed by atoms with Gasteiger partial charge in [0.1, 0.15) is 6.54 Å². The number of rotatable bonds is 5. The smallest absolute Gasteiger partial charge is 0.321 e. The van der Waals surface area contributed by atoms with E-state index in [1.807, 2.05) is 33.0 Å². The number of hydrogen-bond acceptors (Lipinski definition) is 2. The van der Waals surface area contributed by atoms with Crippen molar-refractivity contribution >= 4 is 11.9 Å². The Morgan fingerprint density at radius 1 is 1.25 bits per heavy atom. The van der Waals surface area contributed by atoms with Gasteiger partial charge in [-0.25, -0.2) is 4.79 Å². The summed E-state index contributed by atoms with van der Waals surface area (Å²) in [4.78, 5) is 24.2. The molecule has 0 heterocycles. The van der Waals surface area contributed by atoms with Gasteiger partial charge in [0.25, 0.3) is 5.91 Å². The predicted molar refractivity (Wildman–Crippen MR) is 78.4 cm³/mol. The number of carbonyl (C=O) groups is 2. The van der Waals surface area contributed by atoms with Crippen LogP contribution in [0.25, 0.3) is 0 Å². The van der Waals surface area contributed by atoms with Crippen LogP contribution in [0.3, 0.4) is 0 Å². The van der Waals surface area contributed by atoms with Crippen LogP contribution in [0, 0.1) is 6.92 Å². The van der Waals surface area contributed by atoms with Gasteiger partial charge in [-0.3, -0.25) is 10.1 Å². The summed E-state index contributed by atoms with van der Waals surface area (Å²) in [6, 6.07) is 7.68. The number of quaternary nitrogens is 1. The van der Waals surface area contributed by atoms with E-state index in [-0.39, 0.29) is 18.5 Å². The minimum absolute atomic E-state index is 0.0137. The molecule has 110 valence electrons. The molecule has 0 radical (unpaired) electrons. The zero-order valence-electron chi connectivity index (χ0n) is 12.6. The second kappa shape index (κ2) is 7.65. The first kappa shape index (κ1) is 16.2. The summed E-state index contributed by atoms with van der Waals surface area (Å²) in [6.07, 6.45) is 0. The van der Waals surface area contributed by atoms with Gasteiger partial charge in [0.15, 0.2) is 6.54 Å². The molecule has 0 aliphatic heterocycles. The summed E-state index contributed by atoms with van der Waals surface area (Å²) in [7, 11) is 1.94. The number of aryl methyl sites for hydroxylation is 1. The fourth-order valence-electron chi connectivity index (χ4n) is 1.94. The lowest BCUT2D eigenvalue weighted by molar-refractivity contribution is -0.885. The number of nitrogens with one attached hydrogen (secondary N) is 3. The summed E-state index contributed by atoms with van der Waals surface area (Å²) in [5, 5.41) is 4.96. The molecule has 0 aliphatic carbocycles. The van der Waals surface area contributed by atoms with Crippen molar-refractivity contribution in [3.05, 3.63) is 35.4 Å². The number of carbonyl (C=O) groups excluding carboxylic acids is 2. The molecule has 1 aromatic carbocycles. The van der Waals surface area contributed by atoms with E-state index in [1.54, 1.807) is 0 Å². The Morgan fingerprint density at radius 2 is 1.90 bits per heavy atom. The molecule has 0 bridgehead atoms. The Hall–Kier alpha value is -1.88. The summed E-state index contributed by atoms with van der Waals surface area (Å²) < 4.78 is 0. The molecule has 1 rings (SSSR count). The second-order valence-electron chi connectivity index (χ2n) is 5.41. The third-order valence-electron chi connectivity index (χ3n) is 2.89. The van der Waals surface area contributed by atoms with Crippen LogP contribution in [-0.2, 0) is 11.3 Å². The van der Waals surface area contributed by atoms with E-state index in [0.29, 0.717) is 0 Å². The SMILES string of the molecule is Cc1ccccc1C[NH+](C)CC(=O)NC(=O)NC(C)C. The normalized spacial score (nSPS) is 12.1. The van der Waals surface area contributed by atoms with Crippen LogP contribution in [0.1, 0.15) is 25.0 Å². The molecule has 0 aromatic heterocycles. The van der Waals surface area contributed by atoms with E-state index in [9.17, 15) is 9.59 Å². The Morgan fingerprint density at radius 3 is 2.50 bits per heavy atom. The first-order valence-electron chi connectivity index (χ1n) is 6.84. The number of imide groups is 1. The van der Waals surface area contributed by atoms with Crippen molar-refractivity contribution in [3.8, 4) is 0 Å². The maximum Gasteiger partial charge on any atom is 0.321 e. The number of hydrogen-bond donors (Lipinski definition) is 3. The number of amides is 3. The van der Waals surface area contributed by atoms with Gasteiger partial charge in [0, 0.05) is 11.6 Å². The lowest BCUT2D eigenvalue weighted by Gasteiger charge is -2.15. The highest BCUT2D eigenvalue weighted by molar-refractivity contribution is 5.94. The van der Waals surface area contributed by atoms with E-state index >= 15 is 0 Å². The molecular formula is C15H24N3O2+. The van der Waals surface area contributed by atoms with Crippen molar-refractivity contribution in [1.82, 2.24) is 10.6 Å². The molecule has 0 saturated heterocycles. The van der Waals surface area contributed by atoms with E-state index in [4.69, 9.17) is 0 Å². The molecule has 1 atom stereocenters.